The highest BCUT2D eigenvalue weighted by atomic mass is 35.5. The van der Waals surface area contributed by atoms with Crippen molar-refractivity contribution < 1.29 is 10.0 Å². The number of hydrogen-bond acceptors (Lipinski definition) is 7. The second kappa shape index (κ2) is 6.47. The molecule has 0 unspecified atom stereocenters. The van der Waals surface area contributed by atoms with Crippen LogP contribution in [-0.4, -0.2) is 26.4 Å². The smallest absolute Gasteiger partial charge is 0.312 e. The molecule has 0 aliphatic carbocycles. The third-order valence-electron chi connectivity index (χ3n) is 3.23. The predicted molar refractivity (Wildman–Crippen MR) is 90.5 cm³/mol. The Morgan fingerprint density at radius 2 is 2.12 bits per heavy atom. The van der Waals surface area contributed by atoms with Crippen molar-refractivity contribution in [3.05, 3.63) is 63.3 Å². The molecule has 0 radical (unpaired) electrons. The summed E-state index contributed by atoms with van der Waals surface area (Å²) >= 11 is 5.82. The van der Waals surface area contributed by atoms with E-state index in [1.165, 1.54) is 12.3 Å². The van der Waals surface area contributed by atoms with Crippen molar-refractivity contribution in [1.82, 2.24) is 10.2 Å². The van der Waals surface area contributed by atoms with Gasteiger partial charge in [0, 0.05) is 27.4 Å². The van der Waals surface area contributed by atoms with Crippen molar-refractivity contribution in [2.75, 3.05) is 5.43 Å². The zero-order valence-electron chi connectivity index (χ0n) is 12.0. The van der Waals surface area contributed by atoms with Crippen LogP contribution in [0.1, 0.15) is 5.56 Å². The largest absolute Gasteiger partial charge is 0.502 e. The zero-order valence-corrected chi connectivity index (χ0v) is 12.8. The molecule has 3 rings (SSSR count). The number of hydrazone groups is 1. The number of halogens is 1. The van der Waals surface area contributed by atoms with Gasteiger partial charge in [-0.1, -0.05) is 35.9 Å². The summed E-state index contributed by atoms with van der Waals surface area (Å²) < 4.78 is 0. The van der Waals surface area contributed by atoms with Crippen molar-refractivity contribution in [2.45, 2.75) is 0 Å². The average molecular weight is 344 g/mol. The number of aromatic nitrogens is 2. The number of hydrogen-bond donors (Lipinski definition) is 2. The number of benzene rings is 2. The van der Waals surface area contributed by atoms with E-state index in [9.17, 15) is 15.2 Å². The van der Waals surface area contributed by atoms with Gasteiger partial charge in [0.15, 0.2) is 5.82 Å². The van der Waals surface area contributed by atoms with Crippen LogP contribution >= 0.6 is 11.6 Å². The molecule has 0 atom stereocenters. The Kier molecular flexibility index (Phi) is 4.21. The summed E-state index contributed by atoms with van der Waals surface area (Å²) in [7, 11) is 0. The molecule has 0 bridgehead atoms. The Balaban J connectivity index is 1.90. The first-order chi connectivity index (χ1) is 11.6. The lowest BCUT2D eigenvalue weighted by molar-refractivity contribution is -0.385. The number of fused-ring (bicyclic) bond motifs is 1. The number of nitrogens with zero attached hydrogens (tertiary/aromatic N) is 4. The molecule has 24 heavy (non-hydrogen) atoms. The van der Waals surface area contributed by atoms with E-state index in [0.717, 1.165) is 16.8 Å². The first-order valence-corrected chi connectivity index (χ1v) is 7.10. The molecule has 0 saturated carbocycles. The Labute approximate surface area is 140 Å². The highest BCUT2D eigenvalue weighted by Gasteiger charge is 2.17. The maximum Gasteiger partial charge on any atom is 0.312 e. The minimum absolute atomic E-state index is 0.106. The van der Waals surface area contributed by atoms with Crippen LogP contribution < -0.4 is 5.43 Å². The molecule has 8 nitrogen and oxygen atoms in total. The van der Waals surface area contributed by atoms with Crippen molar-refractivity contribution in [2.24, 2.45) is 5.10 Å². The number of phenolic OH excluding ortho intramolecular Hbond substituents is 1. The van der Waals surface area contributed by atoms with Crippen LogP contribution in [0.15, 0.2) is 47.7 Å². The first kappa shape index (κ1) is 15.6. The second-order valence-electron chi connectivity index (χ2n) is 4.77. The third-order valence-corrected chi connectivity index (χ3v) is 3.44. The fraction of sp³-hybridized carbons (Fsp3) is 0. The number of nitrogens with one attached hydrogen (secondary N) is 1. The number of nitro benzene ring substituents is 1. The molecule has 1 aromatic heterocycles. The first-order valence-electron chi connectivity index (χ1n) is 6.72. The molecule has 0 aliphatic heterocycles. The molecule has 2 aromatic carbocycles. The van der Waals surface area contributed by atoms with Gasteiger partial charge in [0.1, 0.15) is 0 Å². The zero-order chi connectivity index (χ0) is 17.1. The number of anilines is 1. The SMILES string of the molecule is O=[N+]([O-])c1cc(Cl)cc(/C=N\Nc2nncc3ccccc23)c1O. The lowest BCUT2D eigenvalue weighted by atomic mass is 10.2. The van der Waals surface area contributed by atoms with Crippen LogP contribution in [-0.2, 0) is 0 Å². The monoisotopic (exact) mass is 343 g/mol. The molecule has 9 heteroatoms. The Morgan fingerprint density at radius 3 is 2.92 bits per heavy atom. The fourth-order valence-electron chi connectivity index (χ4n) is 2.12. The summed E-state index contributed by atoms with van der Waals surface area (Å²) in [5, 5.41) is 34.3. The van der Waals surface area contributed by atoms with Crippen molar-refractivity contribution in [3.63, 3.8) is 0 Å². The van der Waals surface area contributed by atoms with E-state index in [1.807, 2.05) is 24.3 Å². The normalized spacial score (nSPS) is 11.0. The molecule has 0 fully saturated rings. The van der Waals surface area contributed by atoms with E-state index in [0.29, 0.717) is 5.82 Å². The average Bonchev–Trinajstić information content (AvgIpc) is 2.57. The van der Waals surface area contributed by atoms with E-state index in [4.69, 9.17) is 11.6 Å². The lowest BCUT2D eigenvalue weighted by Crippen LogP contribution is -1.97. The van der Waals surface area contributed by atoms with Gasteiger partial charge in [-0.25, -0.2) is 0 Å². The molecule has 1 heterocycles. The van der Waals surface area contributed by atoms with Crippen LogP contribution in [0.25, 0.3) is 10.8 Å². The number of phenols is 1. The Morgan fingerprint density at radius 1 is 1.33 bits per heavy atom. The van der Waals surface area contributed by atoms with Crippen molar-refractivity contribution in [1.29, 1.82) is 0 Å². The van der Waals surface area contributed by atoms with Crippen LogP contribution in [0.2, 0.25) is 5.02 Å². The number of aromatic hydroxyl groups is 1. The summed E-state index contributed by atoms with van der Waals surface area (Å²) in [6.07, 6.45) is 2.84. The van der Waals surface area contributed by atoms with Gasteiger partial charge < -0.3 is 5.11 Å². The van der Waals surface area contributed by atoms with Gasteiger partial charge in [-0.3, -0.25) is 15.5 Å². The maximum absolute atomic E-state index is 10.9. The van der Waals surface area contributed by atoms with Crippen molar-refractivity contribution in [3.8, 4) is 5.75 Å². The maximum atomic E-state index is 10.9. The molecule has 0 saturated heterocycles. The third kappa shape index (κ3) is 3.08. The minimum atomic E-state index is -0.720. The van der Waals surface area contributed by atoms with Crippen molar-refractivity contribution >= 4 is 40.1 Å². The van der Waals surface area contributed by atoms with Gasteiger partial charge in [-0.15, -0.1) is 5.10 Å². The van der Waals surface area contributed by atoms with Gasteiger partial charge in [0.25, 0.3) is 0 Å². The summed E-state index contributed by atoms with van der Waals surface area (Å²) in [5.74, 6) is -0.0979. The second-order valence-corrected chi connectivity index (χ2v) is 5.21. The summed E-state index contributed by atoms with van der Waals surface area (Å²) in [6.45, 7) is 0. The Hall–Kier alpha value is -3.26. The quantitative estimate of drug-likeness (QED) is 0.426. The predicted octanol–water partition coefficient (Wildman–Crippen LogP) is 3.34. The van der Waals surface area contributed by atoms with Gasteiger partial charge in [-0.2, -0.15) is 10.2 Å². The standard InChI is InChI=1S/C15H10ClN5O3/c16-11-5-10(14(22)13(6-11)21(23)24)8-18-20-15-12-4-2-1-3-9(12)7-17-19-15/h1-8,22H,(H,19,20)/b18-8-. The highest BCUT2D eigenvalue weighted by molar-refractivity contribution is 6.31. The van der Waals surface area contributed by atoms with Crippen LogP contribution in [0, 0.1) is 10.1 Å². The van der Waals surface area contributed by atoms with Gasteiger partial charge >= 0.3 is 5.69 Å². The summed E-state index contributed by atoms with van der Waals surface area (Å²) in [4.78, 5) is 10.2. The van der Waals surface area contributed by atoms with Gasteiger partial charge in [-0.05, 0) is 6.07 Å². The molecule has 120 valence electrons. The fourth-order valence-corrected chi connectivity index (χ4v) is 2.34. The lowest BCUT2D eigenvalue weighted by Gasteiger charge is -2.04. The molecule has 3 aromatic rings. The number of nitro groups is 1. The van der Waals surface area contributed by atoms with E-state index < -0.39 is 16.4 Å². The summed E-state index contributed by atoms with van der Waals surface area (Å²) in [6, 6.07) is 9.89. The Bertz CT molecular complexity index is 956. The van der Waals surface area contributed by atoms with Gasteiger partial charge in [0.05, 0.1) is 17.3 Å². The molecule has 0 aliphatic rings. The van der Waals surface area contributed by atoms with E-state index in [1.54, 1.807) is 6.20 Å². The highest BCUT2D eigenvalue weighted by Crippen LogP contribution is 2.32. The summed E-state index contributed by atoms with van der Waals surface area (Å²) in [5.41, 5.74) is 2.32. The van der Waals surface area contributed by atoms with E-state index in [-0.39, 0.29) is 10.6 Å². The minimum Gasteiger partial charge on any atom is -0.502 e. The van der Waals surface area contributed by atoms with Gasteiger partial charge in [0.2, 0.25) is 5.75 Å². The topological polar surface area (TPSA) is 114 Å². The molecule has 0 spiro atoms. The van der Waals surface area contributed by atoms with Crippen LogP contribution in [0.5, 0.6) is 5.75 Å². The van der Waals surface area contributed by atoms with E-state index >= 15 is 0 Å². The molecule has 0 amide bonds. The van der Waals surface area contributed by atoms with Crippen LogP contribution in [0.3, 0.4) is 0 Å². The number of rotatable bonds is 4. The molecule has 2 N–H and O–H groups in total. The molecular weight excluding hydrogens is 334 g/mol. The molecular formula is C15H10ClN5O3. The van der Waals surface area contributed by atoms with Crippen LogP contribution in [0.4, 0.5) is 11.5 Å². The van der Waals surface area contributed by atoms with E-state index in [2.05, 4.69) is 20.7 Å².